The Morgan fingerprint density at radius 3 is 2.34 bits per heavy atom. The van der Waals surface area contributed by atoms with Crippen LogP contribution in [0.2, 0.25) is 10.0 Å². The van der Waals surface area contributed by atoms with Crippen molar-refractivity contribution in [2.45, 2.75) is 26.0 Å². The first-order valence-corrected chi connectivity index (χ1v) is 12.4. The Morgan fingerprint density at radius 1 is 0.943 bits per heavy atom. The van der Waals surface area contributed by atoms with Gasteiger partial charge in [0.2, 0.25) is 0 Å². The summed E-state index contributed by atoms with van der Waals surface area (Å²) in [6.45, 7) is 5.20. The molecule has 4 rings (SSSR count). The molecule has 1 aliphatic heterocycles. The largest absolute Gasteiger partial charge is 0.430 e. The van der Waals surface area contributed by atoms with Gasteiger partial charge in [-0.3, -0.25) is 10.2 Å². The minimum absolute atomic E-state index is 0. The molecule has 0 bridgehead atoms. The Labute approximate surface area is 223 Å². The molecule has 186 valence electrons. The lowest BCUT2D eigenvalue weighted by atomic mass is 10.1. The first kappa shape index (κ1) is 27.2. The van der Waals surface area contributed by atoms with Crippen LogP contribution >= 0.6 is 35.6 Å². The molecule has 1 unspecified atom stereocenters. The zero-order valence-electron chi connectivity index (χ0n) is 19.6. The summed E-state index contributed by atoms with van der Waals surface area (Å²) in [5, 5.41) is 4.03. The van der Waals surface area contributed by atoms with Crippen LogP contribution in [0.15, 0.2) is 72.8 Å². The van der Waals surface area contributed by atoms with Crippen LogP contribution in [0.1, 0.15) is 19.8 Å². The second-order valence-corrected chi connectivity index (χ2v) is 9.10. The van der Waals surface area contributed by atoms with E-state index < -0.39 is 6.09 Å². The number of piperazine rings is 1. The van der Waals surface area contributed by atoms with Gasteiger partial charge in [0, 0.05) is 31.9 Å². The highest BCUT2D eigenvalue weighted by Crippen LogP contribution is 2.33. The lowest BCUT2D eigenvalue weighted by molar-refractivity contribution is -0.0159. The number of nitrogens with zero attached hydrogens (tertiary/aromatic N) is 2. The van der Waals surface area contributed by atoms with Gasteiger partial charge in [0.05, 0.1) is 15.7 Å². The molecule has 0 radical (unpaired) electrons. The van der Waals surface area contributed by atoms with Gasteiger partial charge in [0.1, 0.15) is 0 Å². The molecule has 0 aliphatic carbocycles. The molecular formula is C27H30Cl3N3O2. The smallest absolute Gasteiger partial charge is 0.413 e. The number of carbonyl (C=O) groups excluding carboxylic acids is 1. The molecular weight excluding hydrogens is 505 g/mol. The zero-order chi connectivity index (χ0) is 23.9. The standard InChI is InChI=1S/C27H29Cl2N3O2.ClH/c1-2-8-25(32-17-15-31(16-18-32)24-14-7-13-23(28)26(24)29)34-27(33)30-22-12-6-11-21(19-22)20-9-4-3-5-10-20;/h3-7,9-14,19,25H,2,8,15-18H2,1H3,(H,30,33);1H. The van der Waals surface area contributed by atoms with Crippen LogP contribution in [0, 0.1) is 0 Å². The first-order chi connectivity index (χ1) is 16.5. The summed E-state index contributed by atoms with van der Waals surface area (Å²) >= 11 is 12.6. The highest BCUT2D eigenvalue weighted by atomic mass is 35.5. The summed E-state index contributed by atoms with van der Waals surface area (Å²) in [5.74, 6) is 0. The molecule has 1 N–H and O–H groups in total. The predicted molar refractivity (Wildman–Crippen MR) is 148 cm³/mol. The number of nitrogens with one attached hydrogen (secondary N) is 1. The van der Waals surface area contributed by atoms with Crippen molar-refractivity contribution in [3.8, 4) is 11.1 Å². The third-order valence-electron chi connectivity index (χ3n) is 5.99. The highest BCUT2D eigenvalue weighted by molar-refractivity contribution is 6.43. The van der Waals surface area contributed by atoms with E-state index >= 15 is 0 Å². The number of rotatable bonds is 7. The predicted octanol–water partition coefficient (Wildman–Crippen LogP) is 7.58. The molecule has 1 heterocycles. The number of amides is 1. The Hall–Kier alpha value is -2.44. The van der Waals surface area contributed by atoms with E-state index in [4.69, 9.17) is 27.9 Å². The number of halogens is 3. The Bertz CT molecular complexity index is 1110. The van der Waals surface area contributed by atoms with Crippen molar-refractivity contribution < 1.29 is 9.53 Å². The fourth-order valence-corrected chi connectivity index (χ4v) is 4.64. The maximum absolute atomic E-state index is 12.8. The lowest BCUT2D eigenvalue weighted by Crippen LogP contribution is -2.52. The SMILES string of the molecule is CCCC(OC(=O)Nc1cccc(-c2ccccc2)c1)N1CCN(c2cccc(Cl)c2Cl)CC1.Cl. The molecule has 1 aliphatic rings. The molecule has 3 aromatic carbocycles. The third kappa shape index (κ3) is 7.05. The Kier molecular flexibility index (Phi) is 10.1. The van der Waals surface area contributed by atoms with Gasteiger partial charge in [-0.1, -0.05) is 85.1 Å². The van der Waals surface area contributed by atoms with Gasteiger partial charge < -0.3 is 9.64 Å². The summed E-state index contributed by atoms with van der Waals surface area (Å²) in [4.78, 5) is 17.2. The fourth-order valence-electron chi connectivity index (χ4n) is 4.23. The van der Waals surface area contributed by atoms with Crippen molar-refractivity contribution in [3.63, 3.8) is 0 Å². The highest BCUT2D eigenvalue weighted by Gasteiger charge is 2.27. The molecule has 1 atom stereocenters. The van der Waals surface area contributed by atoms with E-state index in [1.165, 1.54) is 0 Å². The molecule has 3 aromatic rings. The summed E-state index contributed by atoms with van der Waals surface area (Å²) in [6.07, 6.45) is 0.972. The van der Waals surface area contributed by atoms with E-state index in [0.717, 1.165) is 55.8 Å². The lowest BCUT2D eigenvalue weighted by Gasteiger charge is -2.39. The maximum atomic E-state index is 12.8. The summed E-state index contributed by atoms with van der Waals surface area (Å²) in [6, 6.07) is 23.6. The van der Waals surface area contributed by atoms with E-state index in [2.05, 4.69) is 22.0 Å². The van der Waals surface area contributed by atoms with Gasteiger partial charge in [-0.2, -0.15) is 0 Å². The van der Waals surface area contributed by atoms with E-state index in [1.807, 2.05) is 66.7 Å². The van der Waals surface area contributed by atoms with Crippen LogP contribution < -0.4 is 10.2 Å². The van der Waals surface area contributed by atoms with Crippen LogP contribution in [-0.2, 0) is 4.74 Å². The van der Waals surface area contributed by atoms with Crippen molar-refractivity contribution in [2.75, 3.05) is 36.4 Å². The number of ether oxygens (including phenoxy) is 1. The fraction of sp³-hybridized carbons (Fsp3) is 0.296. The molecule has 8 heteroatoms. The number of anilines is 2. The second kappa shape index (κ2) is 13.0. The van der Waals surface area contributed by atoms with Crippen molar-refractivity contribution >= 4 is 53.1 Å². The van der Waals surface area contributed by atoms with Crippen LogP contribution in [0.3, 0.4) is 0 Å². The van der Waals surface area contributed by atoms with E-state index in [0.29, 0.717) is 15.7 Å². The molecule has 1 saturated heterocycles. The van der Waals surface area contributed by atoms with Gasteiger partial charge >= 0.3 is 6.09 Å². The molecule has 35 heavy (non-hydrogen) atoms. The maximum Gasteiger partial charge on any atom is 0.413 e. The van der Waals surface area contributed by atoms with Gasteiger partial charge in [-0.15, -0.1) is 12.4 Å². The Balaban J connectivity index is 0.00000342. The topological polar surface area (TPSA) is 44.8 Å². The average molecular weight is 535 g/mol. The molecule has 0 saturated carbocycles. The second-order valence-electron chi connectivity index (χ2n) is 8.32. The van der Waals surface area contributed by atoms with Gasteiger partial charge in [-0.05, 0) is 41.8 Å². The normalized spacial score (nSPS) is 14.7. The number of benzene rings is 3. The third-order valence-corrected chi connectivity index (χ3v) is 6.80. The molecule has 1 fully saturated rings. The number of hydrogen-bond acceptors (Lipinski definition) is 4. The van der Waals surface area contributed by atoms with Crippen LogP contribution in [0.5, 0.6) is 0 Å². The van der Waals surface area contributed by atoms with Gasteiger partial charge in [0.25, 0.3) is 0 Å². The molecule has 1 amide bonds. The summed E-state index contributed by atoms with van der Waals surface area (Å²) in [5.41, 5.74) is 3.79. The van der Waals surface area contributed by atoms with Gasteiger partial charge in [-0.25, -0.2) is 4.79 Å². The molecule has 5 nitrogen and oxygen atoms in total. The van der Waals surface area contributed by atoms with E-state index in [9.17, 15) is 4.79 Å². The zero-order valence-corrected chi connectivity index (χ0v) is 22.0. The number of carbonyl (C=O) groups is 1. The monoisotopic (exact) mass is 533 g/mol. The van der Waals surface area contributed by atoms with Crippen LogP contribution in [-0.4, -0.2) is 43.4 Å². The van der Waals surface area contributed by atoms with E-state index in [1.54, 1.807) is 6.07 Å². The minimum Gasteiger partial charge on any atom is -0.430 e. The van der Waals surface area contributed by atoms with E-state index in [-0.39, 0.29) is 18.6 Å². The molecule has 0 spiro atoms. The van der Waals surface area contributed by atoms with Crippen molar-refractivity contribution in [1.29, 1.82) is 0 Å². The number of hydrogen-bond donors (Lipinski definition) is 1. The van der Waals surface area contributed by atoms with Crippen LogP contribution in [0.4, 0.5) is 16.2 Å². The van der Waals surface area contributed by atoms with Gasteiger partial charge in [0.15, 0.2) is 6.23 Å². The van der Waals surface area contributed by atoms with Crippen molar-refractivity contribution in [2.24, 2.45) is 0 Å². The minimum atomic E-state index is -0.441. The van der Waals surface area contributed by atoms with Crippen LogP contribution in [0.25, 0.3) is 11.1 Å². The average Bonchev–Trinajstić information content (AvgIpc) is 2.86. The quantitative estimate of drug-likeness (QED) is 0.339. The molecule has 0 aromatic heterocycles. The Morgan fingerprint density at radius 2 is 1.63 bits per heavy atom. The van der Waals surface area contributed by atoms with Crippen molar-refractivity contribution in [1.82, 2.24) is 4.90 Å². The summed E-state index contributed by atoms with van der Waals surface area (Å²) in [7, 11) is 0. The first-order valence-electron chi connectivity index (χ1n) is 11.6. The van der Waals surface area contributed by atoms with Crippen molar-refractivity contribution in [3.05, 3.63) is 82.8 Å². The summed E-state index contributed by atoms with van der Waals surface area (Å²) < 4.78 is 5.87.